The Morgan fingerprint density at radius 3 is 2.38 bits per heavy atom. The summed E-state index contributed by atoms with van der Waals surface area (Å²) in [4.78, 5) is 0. The lowest BCUT2D eigenvalue weighted by Crippen LogP contribution is -2.41. The van der Waals surface area contributed by atoms with E-state index in [-0.39, 0.29) is 12.6 Å². The molecule has 0 fully saturated rings. The van der Waals surface area contributed by atoms with Gasteiger partial charge in [-0.25, -0.2) is 0 Å². The maximum Gasteiger partial charge on any atom is 0.171 e. The van der Waals surface area contributed by atoms with Crippen LogP contribution in [-0.2, 0) is 6.42 Å². The van der Waals surface area contributed by atoms with Crippen LogP contribution in [0.5, 0.6) is 0 Å². The second-order valence-electron chi connectivity index (χ2n) is 5.03. The van der Waals surface area contributed by atoms with Crippen molar-refractivity contribution in [2.45, 2.75) is 19.4 Å². The first-order valence-corrected chi connectivity index (χ1v) is 7.37. The van der Waals surface area contributed by atoms with Crippen molar-refractivity contribution >= 4 is 23.0 Å². The van der Waals surface area contributed by atoms with E-state index < -0.39 is 0 Å². The third-order valence-electron chi connectivity index (χ3n) is 3.19. The molecule has 0 bridgehead atoms. The molecule has 0 heterocycles. The summed E-state index contributed by atoms with van der Waals surface area (Å²) in [5, 5.41) is 16.3. The second-order valence-corrected chi connectivity index (χ2v) is 5.44. The lowest BCUT2D eigenvalue weighted by molar-refractivity contribution is 0.255. The van der Waals surface area contributed by atoms with Crippen molar-refractivity contribution in [3.8, 4) is 0 Å². The average Bonchev–Trinajstić information content (AvgIpc) is 2.50. The minimum absolute atomic E-state index is 0.0324. The fourth-order valence-corrected chi connectivity index (χ4v) is 2.33. The molecular formula is C17H20N2OS. The van der Waals surface area contributed by atoms with Gasteiger partial charge in [-0.3, -0.25) is 0 Å². The van der Waals surface area contributed by atoms with Crippen LogP contribution < -0.4 is 10.6 Å². The van der Waals surface area contributed by atoms with E-state index in [4.69, 9.17) is 12.2 Å². The highest BCUT2D eigenvalue weighted by molar-refractivity contribution is 7.80. The van der Waals surface area contributed by atoms with E-state index in [9.17, 15) is 5.11 Å². The fraction of sp³-hybridized carbons (Fsp3) is 0.235. The maximum atomic E-state index is 9.49. The number of nitrogens with one attached hydrogen (secondary N) is 2. The topological polar surface area (TPSA) is 44.3 Å². The van der Waals surface area contributed by atoms with Crippen molar-refractivity contribution in [1.29, 1.82) is 0 Å². The van der Waals surface area contributed by atoms with Crippen LogP contribution >= 0.6 is 12.2 Å². The van der Waals surface area contributed by atoms with Gasteiger partial charge in [-0.05, 0) is 43.3 Å². The van der Waals surface area contributed by atoms with Crippen molar-refractivity contribution in [1.82, 2.24) is 5.32 Å². The summed E-state index contributed by atoms with van der Waals surface area (Å²) in [7, 11) is 0. The van der Waals surface area contributed by atoms with E-state index >= 15 is 0 Å². The summed E-state index contributed by atoms with van der Waals surface area (Å²) < 4.78 is 0. The Morgan fingerprint density at radius 2 is 1.76 bits per heavy atom. The molecule has 2 rings (SSSR count). The molecule has 0 aromatic heterocycles. The van der Waals surface area contributed by atoms with Crippen LogP contribution in [0, 0.1) is 6.92 Å². The summed E-state index contributed by atoms with van der Waals surface area (Å²) in [5.41, 5.74) is 3.31. The number of aliphatic hydroxyl groups excluding tert-OH is 1. The van der Waals surface area contributed by atoms with Gasteiger partial charge in [-0.15, -0.1) is 0 Å². The van der Waals surface area contributed by atoms with Gasteiger partial charge < -0.3 is 15.7 Å². The predicted octanol–water partition coefficient (Wildman–Crippen LogP) is 2.89. The standard InChI is InChI=1S/C17H20N2OS/c1-13-7-9-15(10-8-13)18-17(21)19-16(12-20)11-14-5-3-2-4-6-14/h2-10,16,20H,11-12H2,1H3,(H2,18,19,21)/t16-/m0/s1. The van der Waals surface area contributed by atoms with E-state index in [1.54, 1.807) is 0 Å². The molecule has 3 N–H and O–H groups in total. The first-order valence-electron chi connectivity index (χ1n) is 6.96. The Labute approximate surface area is 131 Å². The van der Waals surface area contributed by atoms with Gasteiger partial charge >= 0.3 is 0 Å². The highest BCUT2D eigenvalue weighted by atomic mass is 32.1. The van der Waals surface area contributed by atoms with Crippen LogP contribution in [0.2, 0.25) is 0 Å². The molecule has 110 valence electrons. The van der Waals surface area contributed by atoms with Crippen LogP contribution in [0.4, 0.5) is 5.69 Å². The molecule has 0 amide bonds. The number of thiocarbonyl (C=S) groups is 1. The van der Waals surface area contributed by atoms with Crippen LogP contribution in [0.3, 0.4) is 0 Å². The van der Waals surface area contributed by atoms with E-state index in [1.165, 1.54) is 11.1 Å². The second kappa shape index (κ2) is 7.76. The maximum absolute atomic E-state index is 9.49. The number of rotatable bonds is 5. The molecule has 0 radical (unpaired) electrons. The number of aryl methyl sites for hydroxylation is 1. The highest BCUT2D eigenvalue weighted by Gasteiger charge is 2.09. The molecule has 2 aromatic carbocycles. The van der Waals surface area contributed by atoms with Gasteiger partial charge in [0, 0.05) is 5.69 Å². The molecule has 0 saturated heterocycles. The predicted molar refractivity (Wildman–Crippen MR) is 91.6 cm³/mol. The van der Waals surface area contributed by atoms with Crippen molar-refractivity contribution in [3.63, 3.8) is 0 Å². The lowest BCUT2D eigenvalue weighted by atomic mass is 10.1. The molecule has 0 saturated carbocycles. The Morgan fingerprint density at radius 1 is 1.10 bits per heavy atom. The Balaban J connectivity index is 1.89. The van der Waals surface area contributed by atoms with Gasteiger partial charge in [0.2, 0.25) is 0 Å². The third-order valence-corrected chi connectivity index (χ3v) is 3.41. The van der Waals surface area contributed by atoms with Crippen molar-refractivity contribution in [2.24, 2.45) is 0 Å². The van der Waals surface area contributed by atoms with Gasteiger partial charge in [0.05, 0.1) is 12.6 Å². The SMILES string of the molecule is Cc1ccc(NC(=S)N[C@H](CO)Cc2ccccc2)cc1. The van der Waals surface area contributed by atoms with Gasteiger partial charge in [0.1, 0.15) is 0 Å². The van der Waals surface area contributed by atoms with E-state index in [2.05, 4.69) is 10.6 Å². The van der Waals surface area contributed by atoms with Crippen LogP contribution in [0.15, 0.2) is 54.6 Å². The Bertz CT molecular complexity index is 569. The first-order chi connectivity index (χ1) is 10.2. The Kier molecular flexibility index (Phi) is 5.72. The molecule has 0 aliphatic carbocycles. The molecule has 2 aromatic rings. The number of hydrogen-bond donors (Lipinski definition) is 3. The molecule has 1 atom stereocenters. The highest BCUT2D eigenvalue weighted by Crippen LogP contribution is 2.09. The number of benzene rings is 2. The fourth-order valence-electron chi connectivity index (χ4n) is 2.05. The zero-order chi connectivity index (χ0) is 15.1. The zero-order valence-corrected chi connectivity index (χ0v) is 12.9. The summed E-state index contributed by atoms with van der Waals surface area (Å²) in [6.07, 6.45) is 0.729. The smallest absolute Gasteiger partial charge is 0.171 e. The molecule has 0 aliphatic rings. The van der Waals surface area contributed by atoms with Gasteiger partial charge in [0.25, 0.3) is 0 Å². The largest absolute Gasteiger partial charge is 0.394 e. The Hall–Kier alpha value is -1.91. The molecule has 0 aliphatic heterocycles. The summed E-state index contributed by atoms with van der Waals surface area (Å²) in [6, 6.07) is 18.0. The molecule has 0 spiro atoms. The van der Waals surface area contributed by atoms with E-state index in [0.29, 0.717) is 5.11 Å². The quantitative estimate of drug-likeness (QED) is 0.743. The minimum Gasteiger partial charge on any atom is -0.394 e. The van der Waals surface area contributed by atoms with Crippen molar-refractivity contribution < 1.29 is 5.11 Å². The summed E-state index contributed by atoms with van der Waals surface area (Å²) >= 11 is 5.29. The molecule has 0 unspecified atom stereocenters. The van der Waals surface area contributed by atoms with Crippen LogP contribution in [0.1, 0.15) is 11.1 Å². The van der Waals surface area contributed by atoms with Crippen molar-refractivity contribution in [3.05, 3.63) is 65.7 Å². The molecule has 3 nitrogen and oxygen atoms in total. The normalized spacial score (nSPS) is 11.7. The van der Waals surface area contributed by atoms with Gasteiger partial charge in [-0.1, -0.05) is 48.0 Å². The molecule has 21 heavy (non-hydrogen) atoms. The number of hydrogen-bond acceptors (Lipinski definition) is 2. The minimum atomic E-state index is -0.0992. The van der Waals surface area contributed by atoms with E-state index in [0.717, 1.165) is 12.1 Å². The van der Waals surface area contributed by atoms with Crippen LogP contribution in [0.25, 0.3) is 0 Å². The lowest BCUT2D eigenvalue weighted by Gasteiger charge is -2.19. The van der Waals surface area contributed by atoms with Crippen molar-refractivity contribution in [2.75, 3.05) is 11.9 Å². The number of anilines is 1. The zero-order valence-electron chi connectivity index (χ0n) is 12.0. The monoisotopic (exact) mass is 300 g/mol. The summed E-state index contributed by atoms with van der Waals surface area (Å²) in [6.45, 7) is 2.08. The molecule has 4 heteroatoms. The first kappa shape index (κ1) is 15.5. The third kappa shape index (κ3) is 5.17. The summed E-state index contributed by atoms with van der Waals surface area (Å²) in [5.74, 6) is 0. The van der Waals surface area contributed by atoms with Gasteiger partial charge in [0.15, 0.2) is 5.11 Å². The van der Waals surface area contributed by atoms with Crippen LogP contribution in [-0.4, -0.2) is 22.9 Å². The average molecular weight is 300 g/mol. The van der Waals surface area contributed by atoms with Gasteiger partial charge in [-0.2, -0.15) is 0 Å². The number of aliphatic hydroxyl groups is 1. The van der Waals surface area contributed by atoms with E-state index in [1.807, 2.05) is 61.5 Å². The molecular weight excluding hydrogens is 280 g/mol.